The topological polar surface area (TPSA) is 90.0 Å². The highest BCUT2D eigenvalue weighted by Gasteiger charge is 2.14. The lowest BCUT2D eigenvalue weighted by Crippen LogP contribution is -2.13. The molecule has 3 N–H and O–H groups in total. The largest absolute Gasteiger partial charge is 0.364 e. The SMILES string of the molecule is NC(=O)c1nn(Cc2ccc(NC(=O)c3ccccc3)cc2)c2ccccc12. The van der Waals surface area contributed by atoms with E-state index in [-0.39, 0.29) is 11.6 Å². The van der Waals surface area contributed by atoms with Gasteiger partial charge in [0, 0.05) is 16.6 Å². The van der Waals surface area contributed by atoms with Crippen LogP contribution < -0.4 is 11.1 Å². The molecular weight excluding hydrogens is 352 g/mol. The van der Waals surface area contributed by atoms with Gasteiger partial charge in [0.05, 0.1) is 12.1 Å². The molecule has 1 heterocycles. The zero-order valence-electron chi connectivity index (χ0n) is 15.0. The summed E-state index contributed by atoms with van der Waals surface area (Å²) in [5, 5.41) is 7.98. The van der Waals surface area contributed by atoms with E-state index in [0.717, 1.165) is 16.5 Å². The highest BCUT2D eigenvalue weighted by molar-refractivity contribution is 6.04. The fourth-order valence-corrected chi connectivity index (χ4v) is 3.09. The Morgan fingerprint density at radius 1 is 0.893 bits per heavy atom. The van der Waals surface area contributed by atoms with Gasteiger partial charge in [-0.1, -0.05) is 48.5 Å². The molecule has 0 fully saturated rings. The summed E-state index contributed by atoms with van der Waals surface area (Å²) >= 11 is 0. The first-order chi connectivity index (χ1) is 13.6. The minimum Gasteiger partial charge on any atom is -0.364 e. The molecule has 0 aliphatic carbocycles. The number of benzene rings is 3. The fraction of sp³-hybridized carbons (Fsp3) is 0.0455. The van der Waals surface area contributed by atoms with Crippen LogP contribution in [0.5, 0.6) is 0 Å². The quantitative estimate of drug-likeness (QED) is 0.564. The Kier molecular flexibility index (Phi) is 4.60. The molecule has 0 saturated heterocycles. The maximum absolute atomic E-state index is 12.2. The second kappa shape index (κ2) is 7.36. The highest BCUT2D eigenvalue weighted by Crippen LogP contribution is 2.20. The highest BCUT2D eigenvalue weighted by atomic mass is 16.2. The van der Waals surface area contributed by atoms with E-state index in [1.807, 2.05) is 66.7 Å². The standard InChI is InChI=1S/C22H18N4O2/c23-21(27)20-18-8-4-5-9-19(18)26(25-20)14-15-10-12-17(13-11-15)24-22(28)16-6-2-1-3-7-16/h1-13H,14H2,(H2,23,27)(H,24,28). The smallest absolute Gasteiger partial charge is 0.269 e. The molecular formula is C22H18N4O2. The molecule has 0 atom stereocenters. The molecule has 4 rings (SSSR count). The van der Waals surface area contributed by atoms with E-state index < -0.39 is 5.91 Å². The van der Waals surface area contributed by atoms with Gasteiger partial charge < -0.3 is 11.1 Å². The molecule has 0 unspecified atom stereocenters. The Bertz CT molecular complexity index is 1150. The second-order valence-corrected chi connectivity index (χ2v) is 6.40. The van der Waals surface area contributed by atoms with Crippen LogP contribution in [0.4, 0.5) is 5.69 Å². The average molecular weight is 370 g/mol. The number of carbonyl (C=O) groups is 2. The van der Waals surface area contributed by atoms with E-state index in [9.17, 15) is 9.59 Å². The van der Waals surface area contributed by atoms with Crippen LogP contribution in [0, 0.1) is 0 Å². The van der Waals surface area contributed by atoms with Crippen LogP contribution in [0.3, 0.4) is 0 Å². The minimum absolute atomic E-state index is 0.155. The van der Waals surface area contributed by atoms with Crippen molar-refractivity contribution in [2.45, 2.75) is 6.54 Å². The molecule has 6 nitrogen and oxygen atoms in total. The van der Waals surface area contributed by atoms with Crippen molar-refractivity contribution >= 4 is 28.4 Å². The Morgan fingerprint density at radius 2 is 1.57 bits per heavy atom. The normalized spacial score (nSPS) is 10.7. The summed E-state index contributed by atoms with van der Waals surface area (Å²) in [4.78, 5) is 23.9. The van der Waals surface area contributed by atoms with Gasteiger partial charge >= 0.3 is 0 Å². The lowest BCUT2D eigenvalue weighted by Gasteiger charge is -2.08. The van der Waals surface area contributed by atoms with Gasteiger partial charge in [0.15, 0.2) is 5.69 Å². The van der Waals surface area contributed by atoms with Gasteiger partial charge in [-0.25, -0.2) is 0 Å². The predicted molar refractivity (Wildman–Crippen MR) is 108 cm³/mol. The molecule has 2 amide bonds. The maximum Gasteiger partial charge on any atom is 0.269 e. The summed E-state index contributed by atoms with van der Waals surface area (Å²) in [5.74, 6) is -0.702. The van der Waals surface area contributed by atoms with Crippen molar-refractivity contribution in [3.8, 4) is 0 Å². The summed E-state index contributed by atoms with van der Waals surface area (Å²) in [6.07, 6.45) is 0. The van der Waals surface area contributed by atoms with Gasteiger partial charge in [-0.05, 0) is 35.9 Å². The van der Waals surface area contributed by atoms with Crippen molar-refractivity contribution < 1.29 is 9.59 Å². The summed E-state index contributed by atoms with van der Waals surface area (Å²) in [6.45, 7) is 0.487. The first-order valence-electron chi connectivity index (χ1n) is 8.82. The monoisotopic (exact) mass is 370 g/mol. The summed E-state index contributed by atoms with van der Waals surface area (Å²) in [7, 11) is 0. The number of amides is 2. The van der Waals surface area contributed by atoms with Gasteiger partial charge in [0.1, 0.15) is 0 Å². The zero-order valence-corrected chi connectivity index (χ0v) is 15.0. The molecule has 138 valence electrons. The molecule has 0 aliphatic rings. The molecule has 0 aliphatic heterocycles. The minimum atomic E-state index is -0.547. The lowest BCUT2D eigenvalue weighted by molar-refractivity contribution is 0.0994. The molecule has 6 heteroatoms. The Labute approximate surface area is 161 Å². The van der Waals surface area contributed by atoms with E-state index in [0.29, 0.717) is 17.8 Å². The summed E-state index contributed by atoms with van der Waals surface area (Å²) < 4.78 is 1.76. The number of hydrogen-bond donors (Lipinski definition) is 2. The van der Waals surface area contributed by atoms with Crippen LogP contribution in [0.15, 0.2) is 78.9 Å². The van der Waals surface area contributed by atoms with E-state index in [4.69, 9.17) is 5.73 Å². The van der Waals surface area contributed by atoms with Gasteiger partial charge in [-0.15, -0.1) is 0 Å². The average Bonchev–Trinajstić information content (AvgIpc) is 3.09. The molecule has 3 aromatic carbocycles. The number of hydrogen-bond acceptors (Lipinski definition) is 3. The van der Waals surface area contributed by atoms with Crippen molar-refractivity contribution in [1.29, 1.82) is 0 Å². The third-order valence-corrected chi connectivity index (χ3v) is 4.47. The first kappa shape index (κ1) is 17.5. The fourth-order valence-electron chi connectivity index (χ4n) is 3.09. The molecule has 0 radical (unpaired) electrons. The molecule has 0 saturated carbocycles. The van der Waals surface area contributed by atoms with Crippen LogP contribution in [-0.4, -0.2) is 21.6 Å². The van der Waals surface area contributed by atoms with Gasteiger partial charge in [-0.3, -0.25) is 14.3 Å². The van der Waals surface area contributed by atoms with Crippen molar-refractivity contribution in [1.82, 2.24) is 9.78 Å². The molecule has 28 heavy (non-hydrogen) atoms. The van der Waals surface area contributed by atoms with Crippen LogP contribution in [0.1, 0.15) is 26.4 Å². The summed E-state index contributed by atoms with van der Waals surface area (Å²) in [6, 6.07) is 24.1. The van der Waals surface area contributed by atoms with E-state index in [1.54, 1.807) is 16.8 Å². The number of para-hydroxylation sites is 1. The number of fused-ring (bicyclic) bond motifs is 1. The van der Waals surface area contributed by atoms with Crippen LogP contribution in [-0.2, 0) is 6.54 Å². The number of carbonyl (C=O) groups excluding carboxylic acids is 2. The second-order valence-electron chi connectivity index (χ2n) is 6.40. The zero-order chi connectivity index (χ0) is 19.5. The Hall–Kier alpha value is -3.93. The van der Waals surface area contributed by atoms with Crippen LogP contribution in [0.25, 0.3) is 10.9 Å². The number of nitrogens with zero attached hydrogens (tertiary/aromatic N) is 2. The van der Waals surface area contributed by atoms with Gasteiger partial charge in [-0.2, -0.15) is 5.10 Å². The number of nitrogens with one attached hydrogen (secondary N) is 1. The molecule has 4 aromatic rings. The summed E-state index contributed by atoms with van der Waals surface area (Å²) in [5.41, 5.74) is 8.86. The molecule has 0 spiro atoms. The third kappa shape index (κ3) is 3.48. The van der Waals surface area contributed by atoms with Crippen LogP contribution >= 0.6 is 0 Å². The van der Waals surface area contributed by atoms with Gasteiger partial charge in [0.2, 0.25) is 0 Å². The lowest BCUT2D eigenvalue weighted by atomic mass is 10.1. The number of anilines is 1. The van der Waals surface area contributed by atoms with E-state index in [1.165, 1.54) is 0 Å². The first-order valence-corrected chi connectivity index (χ1v) is 8.82. The third-order valence-electron chi connectivity index (χ3n) is 4.47. The predicted octanol–water partition coefficient (Wildman–Crippen LogP) is 3.44. The van der Waals surface area contributed by atoms with Crippen LogP contribution in [0.2, 0.25) is 0 Å². The molecule has 1 aromatic heterocycles. The van der Waals surface area contributed by atoms with E-state index in [2.05, 4.69) is 10.4 Å². The maximum atomic E-state index is 12.2. The number of primary amides is 1. The number of aromatic nitrogens is 2. The number of nitrogens with two attached hydrogens (primary N) is 1. The Morgan fingerprint density at radius 3 is 2.29 bits per heavy atom. The van der Waals surface area contributed by atoms with Crippen molar-refractivity contribution in [3.63, 3.8) is 0 Å². The van der Waals surface area contributed by atoms with Crippen molar-refractivity contribution in [2.75, 3.05) is 5.32 Å². The van der Waals surface area contributed by atoms with E-state index >= 15 is 0 Å². The van der Waals surface area contributed by atoms with Gasteiger partial charge in [0.25, 0.3) is 11.8 Å². The Balaban J connectivity index is 1.53. The molecule has 0 bridgehead atoms. The number of rotatable bonds is 5. The van der Waals surface area contributed by atoms with Crippen molar-refractivity contribution in [3.05, 3.63) is 95.7 Å². The van der Waals surface area contributed by atoms with Crippen molar-refractivity contribution in [2.24, 2.45) is 5.73 Å².